The van der Waals surface area contributed by atoms with E-state index >= 15 is 0 Å². The molecule has 0 bridgehead atoms. The van der Waals surface area contributed by atoms with Crippen LogP contribution in [0.15, 0.2) is 0 Å². The van der Waals surface area contributed by atoms with Gasteiger partial charge in [-0.1, -0.05) is 39.0 Å². The van der Waals surface area contributed by atoms with Crippen LogP contribution in [0.4, 0.5) is 0 Å². The highest BCUT2D eigenvalue weighted by atomic mass is 16.5. The summed E-state index contributed by atoms with van der Waals surface area (Å²) in [6.45, 7) is 5.48. The topological polar surface area (TPSA) is 58.6 Å². The summed E-state index contributed by atoms with van der Waals surface area (Å²) >= 11 is 0. The lowest BCUT2D eigenvalue weighted by Crippen LogP contribution is -2.30. The lowest BCUT2D eigenvalue weighted by atomic mass is 10.1. The van der Waals surface area contributed by atoms with Crippen LogP contribution in [0.2, 0.25) is 0 Å². The molecule has 5 nitrogen and oxygen atoms in total. The number of carbonyl (C=O) groups excluding carboxylic acids is 2. The fourth-order valence-corrected chi connectivity index (χ4v) is 2.86. The second-order valence-electron chi connectivity index (χ2n) is 6.14. The number of amides is 1. The van der Waals surface area contributed by atoms with Crippen molar-refractivity contribution >= 4 is 11.9 Å². The van der Waals surface area contributed by atoms with Gasteiger partial charge in [0.1, 0.15) is 0 Å². The number of hydrogen-bond donors (Lipinski definition) is 1. The summed E-state index contributed by atoms with van der Waals surface area (Å²) < 4.78 is 4.71. The van der Waals surface area contributed by atoms with Crippen molar-refractivity contribution in [2.45, 2.75) is 58.3 Å². The van der Waals surface area contributed by atoms with Crippen LogP contribution in [0, 0.1) is 5.92 Å². The number of carbonyl (C=O) groups is 2. The number of rotatable bonds is 12. The summed E-state index contributed by atoms with van der Waals surface area (Å²) in [4.78, 5) is 25.0. The maximum atomic E-state index is 11.8. The molecule has 1 atom stereocenters. The Morgan fingerprint density at radius 2 is 1.86 bits per heavy atom. The second-order valence-corrected chi connectivity index (χ2v) is 6.14. The predicted octanol–water partition coefficient (Wildman–Crippen LogP) is 2.35. The predicted molar refractivity (Wildman–Crippen MR) is 87.6 cm³/mol. The van der Waals surface area contributed by atoms with Crippen LogP contribution in [0.3, 0.4) is 0 Å². The van der Waals surface area contributed by atoms with Crippen molar-refractivity contribution in [3.8, 4) is 0 Å². The minimum Gasteiger partial charge on any atom is -0.469 e. The zero-order chi connectivity index (χ0) is 16.2. The van der Waals surface area contributed by atoms with Crippen molar-refractivity contribution in [3.05, 3.63) is 0 Å². The zero-order valence-electron chi connectivity index (χ0n) is 14.2. The molecule has 1 amide bonds. The normalized spacial score (nSPS) is 18.0. The molecule has 1 fully saturated rings. The minimum atomic E-state index is -0.270. The quantitative estimate of drug-likeness (QED) is 0.444. The third kappa shape index (κ3) is 7.25. The van der Waals surface area contributed by atoms with Gasteiger partial charge in [0.15, 0.2) is 0 Å². The fourth-order valence-electron chi connectivity index (χ4n) is 2.86. The number of ether oxygens (including phenoxy) is 1. The molecule has 0 aromatic rings. The molecular weight excluding hydrogens is 280 g/mol. The molecule has 1 unspecified atom stereocenters. The number of nitrogens with zero attached hydrogens (tertiary/aromatic N) is 1. The average molecular weight is 312 g/mol. The van der Waals surface area contributed by atoms with E-state index in [0.717, 1.165) is 26.1 Å². The number of esters is 1. The number of nitrogens with one attached hydrogen (secondary N) is 1. The molecule has 0 spiro atoms. The Balaban J connectivity index is 1.96. The monoisotopic (exact) mass is 312 g/mol. The summed E-state index contributed by atoms with van der Waals surface area (Å²) in [5.41, 5.74) is 0. The first-order valence-corrected chi connectivity index (χ1v) is 8.75. The van der Waals surface area contributed by atoms with E-state index in [2.05, 4.69) is 12.2 Å². The van der Waals surface area contributed by atoms with E-state index in [1.807, 2.05) is 0 Å². The molecule has 5 heteroatoms. The lowest BCUT2D eigenvalue weighted by molar-refractivity contribution is -0.145. The molecule has 1 aliphatic heterocycles. The van der Waals surface area contributed by atoms with Crippen LogP contribution in [0.1, 0.15) is 58.3 Å². The first-order chi connectivity index (χ1) is 10.7. The van der Waals surface area contributed by atoms with E-state index < -0.39 is 0 Å². The molecule has 0 aliphatic carbocycles. The maximum absolute atomic E-state index is 11.8. The molecule has 0 aromatic heterocycles. The first-order valence-electron chi connectivity index (χ1n) is 8.75. The maximum Gasteiger partial charge on any atom is 0.310 e. The van der Waals surface area contributed by atoms with Crippen molar-refractivity contribution in [1.29, 1.82) is 0 Å². The standard InChI is InChI=1S/C17H32N2O3/c1-3-4-5-6-7-8-10-18-11-9-12-19-14-15(13-16(19)20)17(21)22-2/h15,18H,3-14H2,1-2H3. The fraction of sp³-hybridized carbons (Fsp3) is 0.882. The summed E-state index contributed by atoms with van der Waals surface area (Å²) in [7, 11) is 1.38. The Morgan fingerprint density at radius 1 is 1.18 bits per heavy atom. The van der Waals surface area contributed by atoms with Gasteiger partial charge in [0, 0.05) is 19.5 Å². The van der Waals surface area contributed by atoms with Crippen LogP contribution in [0.25, 0.3) is 0 Å². The third-order valence-electron chi connectivity index (χ3n) is 4.24. The van der Waals surface area contributed by atoms with Crippen LogP contribution in [-0.4, -0.2) is 50.1 Å². The summed E-state index contributed by atoms with van der Waals surface area (Å²) in [5, 5.41) is 3.43. The minimum absolute atomic E-state index is 0.0753. The Kier molecular flexibility index (Phi) is 9.87. The SMILES string of the molecule is CCCCCCCCNCCCN1CC(C(=O)OC)CC1=O. The zero-order valence-corrected chi connectivity index (χ0v) is 14.2. The highest BCUT2D eigenvalue weighted by molar-refractivity contribution is 5.86. The Morgan fingerprint density at radius 3 is 2.59 bits per heavy atom. The van der Waals surface area contributed by atoms with Crippen LogP contribution >= 0.6 is 0 Å². The summed E-state index contributed by atoms with van der Waals surface area (Å²) in [6, 6.07) is 0. The first kappa shape index (κ1) is 18.9. The van der Waals surface area contributed by atoms with Gasteiger partial charge in [0.2, 0.25) is 5.91 Å². The molecule has 0 saturated carbocycles. The van der Waals surface area contributed by atoms with Gasteiger partial charge in [0.05, 0.1) is 13.0 Å². The number of hydrogen-bond acceptors (Lipinski definition) is 4. The van der Waals surface area contributed by atoms with E-state index in [4.69, 9.17) is 4.74 Å². The van der Waals surface area contributed by atoms with Gasteiger partial charge in [-0.05, 0) is 25.9 Å². The smallest absolute Gasteiger partial charge is 0.310 e. The van der Waals surface area contributed by atoms with Gasteiger partial charge in [-0.2, -0.15) is 0 Å². The van der Waals surface area contributed by atoms with Crippen LogP contribution in [-0.2, 0) is 14.3 Å². The second kappa shape index (κ2) is 11.5. The van der Waals surface area contributed by atoms with Gasteiger partial charge < -0.3 is 15.0 Å². The lowest BCUT2D eigenvalue weighted by Gasteiger charge is -2.16. The molecule has 1 rings (SSSR count). The number of unbranched alkanes of at least 4 members (excludes halogenated alkanes) is 5. The third-order valence-corrected chi connectivity index (χ3v) is 4.24. The van der Waals surface area contributed by atoms with Crippen LogP contribution < -0.4 is 5.32 Å². The van der Waals surface area contributed by atoms with Gasteiger partial charge in [-0.25, -0.2) is 0 Å². The van der Waals surface area contributed by atoms with Crippen molar-refractivity contribution < 1.29 is 14.3 Å². The van der Waals surface area contributed by atoms with Crippen molar-refractivity contribution in [1.82, 2.24) is 10.2 Å². The summed E-state index contributed by atoms with van der Waals surface area (Å²) in [6.07, 6.45) is 9.12. The number of likely N-dealkylation sites (tertiary alicyclic amines) is 1. The van der Waals surface area contributed by atoms with Gasteiger partial charge in [-0.15, -0.1) is 0 Å². The average Bonchev–Trinajstić information content (AvgIpc) is 2.89. The molecule has 1 heterocycles. The van der Waals surface area contributed by atoms with E-state index in [1.165, 1.54) is 45.6 Å². The van der Waals surface area contributed by atoms with Gasteiger partial charge in [-0.3, -0.25) is 9.59 Å². The molecule has 1 N–H and O–H groups in total. The van der Waals surface area contributed by atoms with E-state index in [-0.39, 0.29) is 17.8 Å². The largest absolute Gasteiger partial charge is 0.469 e. The van der Waals surface area contributed by atoms with Crippen molar-refractivity contribution in [3.63, 3.8) is 0 Å². The molecule has 1 saturated heterocycles. The Hall–Kier alpha value is -1.10. The molecule has 0 aromatic carbocycles. The molecule has 0 radical (unpaired) electrons. The van der Waals surface area contributed by atoms with Crippen LogP contribution in [0.5, 0.6) is 0 Å². The van der Waals surface area contributed by atoms with E-state index in [9.17, 15) is 9.59 Å². The van der Waals surface area contributed by atoms with E-state index in [1.54, 1.807) is 4.90 Å². The highest BCUT2D eigenvalue weighted by Gasteiger charge is 2.34. The Labute approximate surface area is 134 Å². The van der Waals surface area contributed by atoms with Gasteiger partial charge in [0.25, 0.3) is 0 Å². The molecule has 128 valence electrons. The molecule has 22 heavy (non-hydrogen) atoms. The summed E-state index contributed by atoms with van der Waals surface area (Å²) in [5.74, 6) is -0.461. The highest BCUT2D eigenvalue weighted by Crippen LogP contribution is 2.18. The van der Waals surface area contributed by atoms with Crippen molar-refractivity contribution in [2.24, 2.45) is 5.92 Å². The molecular formula is C17H32N2O3. The Bertz CT molecular complexity index is 334. The number of methoxy groups -OCH3 is 1. The van der Waals surface area contributed by atoms with Gasteiger partial charge >= 0.3 is 5.97 Å². The van der Waals surface area contributed by atoms with E-state index in [0.29, 0.717) is 13.0 Å². The molecule has 1 aliphatic rings. The van der Waals surface area contributed by atoms with Crippen molar-refractivity contribution in [2.75, 3.05) is 33.3 Å².